The highest BCUT2D eigenvalue weighted by Gasteiger charge is 2.13. The van der Waals surface area contributed by atoms with Gasteiger partial charge in [0.25, 0.3) is 5.88 Å². The van der Waals surface area contributed by atoms with Gasteiger partial charge < -0.3 is 14.2 Å². The summed E-state index contributed by atoms with van der Waals surface area (Å²) < 4.78 is 16.5. The summed E-state index contributed by atoms with van der Waals surface area (Å²) >= 11 is 0. The van der Waals surface area contributed by atoms with Gasteiger partial charge in [-0.05, 0) is 30.3 Å². The predicted molar refractivity (Wildman–Crippen MR) is 84.9 cm³/mol. The minimum atomic E-state index is 0.348. The molecule has 0 unspecified atom stereocenters. The third-order valence-corrected chi connectivity index (χ3v) is 3.10. The molecule has 6 heteroatoms. The van der Waals surface area contributed by atoms with Crippen molar-refractivity contribution in [2.45, 2.75) is 0 Å². The van der Waals surface area contributed by atoms with Crippen molar-refractivity contribution >= 4 is 0 Å². The fourth-order valence-corrected chi connectivity index (χ4v) is 2.03. The zero-order valence-corrected chi connectivity index (χ0v) is 12.8. The van der Waals surface area contributed by atoms with Crippen LogP contribution in [0.2, 0.25) is 0 Å². The Morgan fingerprint density at radius 2 is 1.48 bits per heavy atom. The number of para-hydroxylation sites is 2. The zero-order chi connectivity index (χ0) is 16.1. The van der Waals surface area contributed by atoms with Gasteiger partial charge in [-0.2, -0.15) is 0 Å². The molecule has 0 saturated heterocycles. The van der Waals surface area contributed by atoms with E-state index in [1.165, 1.54) is 7.11 Å². The lowest BCUT2D eigenvalue weighted by molar-refractivity contribution is 0.348. The molecule has 2 heterocycles. The third kappa shape index (κ3) is 3.21. The summed E-state index contributed by atoms with van der Waals surface area (Å²) in [5.74, 6) is 2.57. The first-order valence-electron chi connectivity index (χ1n) is 6.95. The quantitative estimate of drug-likeness (QED) is 0.720. The number of hydrogen-bond acceptors (Lipinski definition) is 6. The molecule has 0 radical (unpaired) electrons. The number of aromatic nitrogens is 3. The van der Waals surface area contributed by atoms with Crippen molar-refractivity contribution in [3.05, 3.63) is 54.9 Å². The maximum Gasteiger partial charge on any atom is 0.258 e. The molecule has 0 aliphatic heterocycles. The summed E-state index contributed by atoms with van der Waals surface area (Å²) in [5.41, 5.74) is 0.606. The van der Waals surface area contributed by atoms with Crippen LogP contribution in [0, 0.1) is 0 Å². The van der Waals surface area contributed by atoms with Gasteiger partial charge in [-0.15, -0.1) is 0 Å². The Balaban J connectivity index is 1.94. The smallest absolute Gasteiger partial charge is 0.258 e. The van der Waals surface area contributed by atoms with E-state index in [0.717, 1.165) is 0 Å². The van der Waals surface area contributed by atoms with Crippen molar-refractivity contribution in [3.63, 3.8) is 0 Å². The second-order valence-corrected chi connectivity index (χ2v) is 4.53. The average molecular weight is 309 g/mol. The molecule has 0 amide bonds. The molecule has 0 saturated carbocycles. The van der Waals surface area contributed by atoms with E-state index in [2.05, 4.69) is 15.0 Å². The summed E-state index contributed by atoms with van der Waals surface area (Å²) in [4.78, 5) is 12.8. The molecular weight excluding hydrogens is 294 g/mol. The van der Waals surface area contributed by atoms with E-state index in [1.807, 2.05) is 24.3 Å². The van der Waals surface area contributed by atoms with Crippen LogP contribution < -0.4 is 14.2 Å². The lowest BCUT2D eigenvalue weighted by Gasteiger charge is -2.12. The Kier molecular flexibility index (Phi) is 4.33. The van der Waals surface area contributed by atoms with Crippen LogP contribution in [0.4, 0.5) is 0 Å². The number of hydrogen-bond donors (Lipinski definition) is 0. The van der Waals surface area contributed by atoms with E-state index in [4.69, 9.17) is 14.2 Å². The summed E-state index contributed by atoms with van der Waals surface area (Å²) in [5, 5.41) is 0. The van der Waals surface area contributed by atoms with E-state index >= 15 is 0 Å². The Bertz CT molecular complexity index is 794. The first-order valence-corrected chi connectivity index (χ1v) is 6.95. The molecule has 116 valence electrons. The number of rotatable bonds is 5. The molecule has 3 aromatic rings. The molecule has 0 fully saturated rings. The molecule has 0 aliphatic rings. The van der Waals surface area contributed by atoms with Crippen LogP contribution in [0.25, 0.3) is 11.5 Å². The fourth-order valence-electron chi connectivity index (χ4n) is 2.03. The summed E-state index contributed by atoms with van der Waals surface area (Å²) in [6, 6.07) is 12.7. The monoisotopic (exact) mass is 309 g/mol. The van der Waals surface area contributed by atoms with E-state index < -0.39 is 0 Å². The Hall–Kier alpha value is -3.15. The second-order valence-electron chi connectivity index (χ2n) is 4.53. The van der Waals surface area contributed by atoms with Crippen LogP contribution in [0.15, 0.2) is 54.9 Å². The minimum absolute atomic E-state index is 0.348. The minimum Gasteiger partial charge on any atom is -0.493 e. The van der Waals surface area contributed by atoms with E-state index in [1.54, 1.807) is 37.7 Å². The highest BCUT2D eigenvalue weighted by atomic mass is 16.5. The maximum atomic E-state index is 5.86. The van der Waals surface area contributed by atoms with Gasteiger partial charge in [0.05, 0.1) is 14.2 Å². The lowest BCUT2D eigenvalue weighted by atomic mass is 10.3. The Morgan fingerprint density at radius 3 is 2.17 bits per heavy atom. The van der Waals surface area contributed by atoms with E-state index in [9.17, 15) is 0 Å². The van der Waals surface area contributed by atoms with Crippen molar-refractivity contribution in [2.75, 3.05) is 14.2 Å². The maximum absolute atomic E-state index is 5.86. The van der Waals surface area contributed by atoms with E-state index in [0.29, 0.717) is 34.6 Å². The highest BCUT2D eigenvalue weighted by molar-refractivity contribution is 5.54. The van der Waals surface area contributed by atoms with Gasteiger partial charge in [-0.3, -0.25) is 0 Å². The molecule has 0 N–H and O–H groups in total. The number of benzene rings is 1. The average Bonchev–Trinajstić information content (AvgIpc) is 2.63. The van der Waals surface area contributed by atoms with Gasteiger partial charge in [0.1, 0.15) is 5.69 Å². The molecule has 1 aromatic carbocycles. The molecule has 0 aliphatic carbocycles. The SMILES string of the molecule is COc1ccccc1Oc1ccc(-c2ncccn2)nc1OC. The Morgan fingerprint density at radius 1 is 0.739 bits per heavy atom. The van der Waals surface area contributed by atoms with Crippen molar-refractivity contribution in [1.29, 1.82) is 0 Å². The van der Waals surface area contributed by atoms with Gasteiger partial charge in [-0.25, -0.2) is 15.0 Å². The van der Waals surface area contributed by atoms with Crippen LogP contribution in [0.3, 0.4) is 0 Å². The molecule has 6 nitrogen and oxygen atoms in total. The van der Waals surface area contributed by atoms with Gasteiger partial charge in [0, 0.05) is 12.4 Å². The number of methoxy groups -OCH3 is 2. The number of ether oxygens (including phenoxy) is 3. The first-order chi connectivity index (χ1) is 11.3. The number of nitrogens with zero attached hydrogens (tertiary/aromatic N) is 3. The van der Waals surface area contributed by atoms with Gasteiger partial charge in [0.15, 0.2) is 23.1 Å². The predicted octanol–water partition coefficient (Wildman–Crippen LogP) is 3.35. The Labute approximate surface area is 133 Å². The van der Waals surface area contributed by atoms with Crippen LogP contribution >= 0.6 is 0 Å². The standard InChI is InChI=1S/C17H15N3O3/c1-21-13-6-3-4-7-14(13)23-15-9-8-12(20-17(15)22-2)16-18-10-5-11-19-16/h3-11H,1-2H3. The van der Waals surface area contributed by atoms with E-state index in [-0.39, 0.29) is 0 Å². The fraction of sp³-hybridized carbons (Fsp3) is 0.118. The van der Waals surface area contributed by atoms with Gasteiger partial charge in [0.2, 0.25) is 0 Å². The molecular formula is C17H15N3O3. The normalized spacial score (nSPS) is 10.2. The topological polar surface area (TPSA) is 66.4 Å². The molecule has 2 aromatic heterocycles. The van der Waals surface area contributed by atoms with Crippen LogP contribution in [-0.4, -0.2) is 29.2 Å². The third-order valence-electron chi connectivity index (χ3n) is 3.10. The van der Waals surface area contributed by atoms with Crippen LogP contribution in [0.1, 0.15) is 0 Å². The summed E-state index contributed by atoms with van der Waals surface area (Å²) in [6.07, 6.45) is 3.32. The summed E-state index contributed by atoms with van der Waals surface area (Å²) in [7, 11) is 3.13. The molecule has 0 atom stereocenters. The molecule has 23 heavy (non-hydrogen) atoms. The molecule has 0 spiro atoms. The van der Waals surface area contributed by atoms with Crippen LogP contribution in [0.5, 0.6) is 23.1 Å². The number of pyridine rings is 1. The van der Waals surface area contributed by atoms with Crippen LogP contribution in [-0.2, 0) is 0 Å². The molecule has 3 rings (SSSR count). The largest absolute Gasteiger partial charge is 0.493 e. The van der Waals surface area contributed by atoms with Crippen molar-refractivity contribution in [1.82, 2.24) is 15.0 Å². The highest BCUT2D eigenvalue weighted by Crippen LogP contribution is 2.35. The second kappa shape index (κ2) is 6.74. The summed E-state index contributed by atoms with van der Waals surface area (Å²) in [6.45, 7) is 0. The van der Waals surface area contributed by atoms with Crippen molar-refractivity contribution in [2.24, 2.45) is 0 Å². The lowest BCUT2D eigenvalue weighted by Crippen LogP contribution is -1.97. The zero-order valence-electron chi connectivity index (χ0n) is 12.8. The van der Waals surface area contributed by atoms with Crippen molar-refractivity contribution in [3.8, 4) is 34.6 Å². The first kappa shape index (κ1) is 14.8. The van der Waals surface area contributed by atoms with Crippen molar-refractivity contribution < 1.29 is 14.2 Å². The molecule has 0 bridgehead atoms. The van der Waals surface area contributed by atoms with Gasteiger partial charge >= 0.3 is 0 Å². The van der Waals surface area contributed by atoms with Gasteiger partial charge in [-0.1, -0.05) is 12.1 Å².